The molecule has 2 atom stereocenters. The lowest BCUT2D eigenvalue weighted by atomic mass is 9.90. The lowest BCUT2D eigenvalue weighted by molar-refractivity contribution is -0.140. The zero-order chi connectivity index (χ0) is 23.0. The topological polar surface area (TPSA) is 71.8 Å². The fraction of sp³-hybridized carbons (Fsp3) is 0.409. The number of carbonyl (C=O) groups excluding carboxylic acids is 1. The second-order valence-electron chi connectivity index (χ2n) is 8.16. The van der Waals surface area contributed by atoms with Crippen LogP contribution in [0.4, 0.5) is 18.9 Å². The summed E-state index contributed by atoms with van der Waals surface area (Å²) < 4.78 is 42.8. The first kappa shape index (κ1) is 22.8. The van der Waals surface area contributed by atoms with Crippen LogP contribution in [0, 0.1) is 10.5 Å². The van der Waals surface area contributed by atoms with E-state index in [9.17, 15) is 18.0 Å². The number of benzene rings is 1. The van der Waals surface area contributed by atoms with Crippen LogP contribution in [0.3, 0.4) is 0 Å². The third kappa shape index (κ3) is 4.84. The second-order valence-corrected chi connectivity index (χ2v) is 9.41. The molecule has 32 heavy (non-hydrogen) atoms. The fourth-order valence-corrected chi connectivity index (χ4v) is 4.61. The molecule has 4 rings (SSSR count). The summed E-state index contributed by atoms with van der Waals surface area (Å²) in [6, 6.07) is 6.14. The van der Waals surface area contributed by atoms with E-state index in [0.29, 0.717) is 28.6 Å². The van der Waals surface area contributed by atoms with Gasteiger partial charge in [0.1, 0.15) is 5.69 Å². The number of pyridine rings is 1. The summed E-state index contributed by atoms with van der Waals surface area (Å²) in [5.74, 6) is -0.176. The molecule has 0 radical (unpaired) electrons. The van der Waals surface area contributed by atoms with Crippen LogP contribution < -0.4 is 10.6 Å². The van der Waals surface area contributed by atoms with Crippen LogP contribution in [0.1, 0.15) is 47.4 Å². The van der Waals surface area contributed by atoms with E-state index in [0.717, 1.165) is 34.6 Å². The number of nitrogens with zero attached hydrogens (tertiary/aromatic N) is 3. The van der Waals surface area contributed by atoms with Gasteiger partial charge in [0.25, 0.3) is 5.91 Å². The average Bonchev–Trinajstić information content (AvgIpc) is 3.06. The average molecular weight is 557 g/mol. The first-order chi connectivity index (χ1) is 15.1. The quantitative estimate of drug-likeness (QED) is 0.441. The van der Waals surface area contributed by atoms with Gasteiger partial charge in [-0.25, -0.2) is 4.98 Å². The lowest BCUT2D eigenvalue weighted by Crippen LogP contribution is -2.42. The van der Waals surface area contributed by atoms with E-state index >= 15 is 0 Å². The Hall–Kier alpha value is -2.37. The highest BCUT2D eigenvalue weighted by molar-refractivity contribution is 14.1. The standard InChI is InChI=1S/C22H23F3IN5O/c1-12-17(11-27-31(12)2)21(32)29-15-5-3-4-14(9-15)28-19-10-20(22(23,24)25)30-18-7-6-13(26)8-16(18)19/h6-8,10-11,14-15H,3-5,9H2,1-2H3,(H,28,30)(H,29,32)/t14-,15+/m0/s1. The third-order valence-electron chi connectivity index (χ3n) is 5.91. The van der Waals surface area contributed by atoms with Crippen LogP contribution in [0.25, 0.3) is 10.9 Å². The van der Waals surface area contributed by atoms with Crippen molar-refractivity contribution >= 4 is 45.1 Å². The molecular formula is C22H23F3IN5O. The highest BCUT2D eigenvalue weighted by Gasteiger charge is 2.34. The molecule has 2 aromatic heterocycles. The van der Waals surface area contributed by atoms with Gasteiger partial charge in [-0.15, -0.1) is 0 Å². The van der Waals surface area contributed by atoms with Gasteiger partial charge in [-0.3, -0.25) is 9.48 Å². The number of hydrogen-bond acceptors (Lipinski definition) is 4. The molecule has 1 aliphatic carbocycles. The summed E-state index contributed by atoms with van der Waals surface area (Å²) in [7, 11) is 1.78. The predicted octanol–water partition coefficient (Wildman–Crippen LogP) is 5.05. The fourth-order valence-electron chi connectivity index (χ4n) is 4.12. The van der Waals surface area contributed by atoms with E-state index in [4.69, 9.17) is 0 Å². The number of halogens is 4. The number of rotatable bonds is 4. The van der Waals surface area contributed by atoms with Crippen molar-refractivity contribution in [3.05, 3.63) is 51.0 Å². The Kier molecular flexibility index (Phi) is 6.33. The number of aromatic nitrogens is 3. The first-order valence-corrected chi connectivity index (χ1v) is 11.4. The van der Waals surface area contributed by atoms with Crippen LogP contribution in [0.5, 0.6) is 0 Å². The second kappa shape index (κ2) is 8.87. The molecule has 3 aromatic rings. The molecule has 1 fully saturated rings. The maximum absolute atomic E-state index is 13.4. The molecule has 0 spiro atoms. The molecule has 2 N–H and O–H groups in total. The van der Waals surface area contributed by atoms with Crippen LogP contribution in [0.15, 0.2) is 30.5 Å². The number of carbonyl (C=O) groups is 1. The van der Waals surface area contributed by atoms with Crippen LogP contribution >= 0.6 is 22.6 Å². The summed E-state index contributed by atoms with van der Waals surface area (Å²) in [6.07, 6.45) is 0.145. The van der Waals surface area contributed by atoms with Crippen molar-refractivity contribution in [2.45, 2.75) is 50.9 Å². The Bertz CT molecular complexity index is 1160. The number of amides is 1. The third-order valence-corrected chi connectivity index (χ3v) is 6.58. The number of anilines is 1. The van der Waals surface area contributed by atoms with Crippen molar-refractivity contribution in [3.8, 4) is 0 Å². The summed E-state index contributed by atoms with van der Waals surface area (Å²) in [5.41, 5.74) is 1.12. The molecular weight excluding hydrogens is 534 g/mol. The van der Waals surface area contributed by atoms with Gasteiger partial charge in [-0.2, -0.15) is 18.3 Å². The molecule has 1 saturated carbocycles. The lowest BCUT2D eigenvalue weighted by Gasteiger charge is -2.31. The van der Waals surface area contributed by atoms with Crippen molar-refractivity contribution in [3.63, 3.8) is 0 Å². The summed E-state index contributed by atoms with van der Waals surface area (Å²) >= 11 is 2.13. The van der Waals surface area contributed by atoms with Crippen molar-refractivity contribution in [1.29, 1.82) is 0 Å². The Morgan fingerprint density at radius 2 is 1.97 bits per heavy atom. The molecule has 0 bridgehead atoms. The molecule has 6 nitrogen and oxygen atoms in total. The number of nitrogens with one attached hydrogen (secondary N) is 2. The molecule has 0 saturated heterocycles. The van der Waals surface area contributed by atoms with Gasteiger partial charge in [-0.05, 0) is 79.5 Å². The molecule has 170 valence electrons. The summed E-state index contributed by atoms with van der Waals surface area (Å²) in [5, 5.41) is 11.1. The van der Waals surface area contributed by atoms with Crippen LogP contribution in [-0.2, 0) is 13.2 Å². The Balaban J connectivity index is 1.54. The van der Waals surface area contributed by atoms with Gasteiger partial charge in [0.05, 0.1) is 17.3 Å². The van der Waals surface area contributed by atoms with E-state index in [1.165, 1.54) is 0 Å². The largest absolute Gasteiger partial charge is 0.433 e. The van der Waals surface area contributed by atoms with Gasteiger partial charge in [0, 0.05) is 39.5 Å². The molecule has 1 amide bonds. The Labute approximate surface area is 197 Å². The van der Waals surface area contributed by atoms with E-state index in [1.807, 2.05) is 13.0 Å². The molecule has 10 heteroatoms. The van der Waals surface area contributed by atoms with Crippen LogP contribution in [0.2, 0.25) is 0 Å². The highest BCUT2D eigenvalue weighted by Crippen LogP contribution is 2.35. The molecule has 1 aromatic carbocycles. The van der Waals surface area contributed by atoms with Crippen molar-refractivity contribution < 1.29 is 18.0 Å². The van der Waals surface area contributed by atoms with Gasteiger partial charge in [0.2, 0.25) is 0 Å². The van der Waals surface area contributed by atoms with Crippen molar-refractivity contribution in [2.24, 2.45) is 7.05 Å². The summed E-state index contributed by atoms with van der Waals surface area (Å²) in [6.45, 7) is 1.83. The number of aryl methyl sites for hydroxylation is 1. The zero-order valence-electron chi connectivity index (χ0n) is 17.6. The maximum Gasteiger partial charge on any atom is 0.433 e. The van der Waals surface area contributed by atoms with Gasteiger partial charge in [0.15, 0.2) is 0 Å². The van der Waals surface area contributed by atoms with Crippen LogP contribution in [-0.4, -0.2) is 32.8 Å². The minimum Gasteiger partial charge on any atom is -0.382 e. The van der Waals surface area contributed by atoms with E-state index < -0.39 is 11.9 Å². The predicted molar refractivity (Wildman–Crippen MR) is 125 cm³/mol. The van der Waals surface area contributed by atoms with Crippen molar-refractivity contribution in [1.82, 2.24) is 20.1 Å². The monoisotopic (exact) mass is 557 g/mol. The number of fused-ring (bicyclic) bond motifs is 1. The van der Waals surface area contributed by atoms with E-state index in [-0.39, 0.29) is 18.0 Å². The van der Waals surface area contributed by atoms with Gasteiger partial charge in [-0.1, -0.05) is 0 Å². The first-order valence-electron chi connectivity index (χ1n) is 10.4. The van der Waals surface area contributed by atoms with E-state index in [2.05, 4.69) is 43.3 Å². The van der Waals surface area contributed by atoms with Gasteiger partial charge >= 0.3 is 6.18 Å². The normalized spacial score (nSPS) is 19.2. The number of hydrogen-bond donors (Lipinski definition) is 2. The SMILES string of the molecule is Cc1c(C(=O)N[C@@H]2CCC[C@H](Nc3cc(C(F)(F)F)nc4ccc(I)cc34)C2)cnn1C. The van der Waals surface area contributed by atoms with Gasteiger partial charge < -0.3 is 10.6 Å². The Morgan fingerprint density at radius 1 is 1.22 bits per heavy atom. The minimum atomic E-state index is -4.53. The van der Waals surface area contributed by atoms with Crippen molar-refractivity contribution in [2.75, 3.05) is 5.32 Å². The molecule has 0 aliphatic heterocycles. The highest BCUT2D eigenvalue weighted by atomic mass is 127. The summed E-state index contributed by atoms with van der Waals surface area (Å²) in [4.78, 5) is 16.5. The Morgan fingerprint density at radius 3 is 2.66 bits per heavy atom. The molecule has 1 aliphatic rings. The maximum atomic E-state index is 13.4. The zero-order valence-corrected chi connectivity index (χ0v) is 19.8. The molecule has 2 heterocycles. The molecule has 0 unspecified atom stereocenters. The number of alkyl halides is 3. The minimum absolute atomic E-state index is 0.0615. The van der Waals surface area contributed by atoms with E-state index in [1.54, 1.807) is 30.1 Å². The smallest absolute Gasteiger partial charge is 0.382 e.